The molecule has 0 radical (unpaired) electrons. The van der Waals surface area contributed by atoms with Crippen LogP contribution in [0.2, 0.25) is 0 Å². The molecule has 1 aromatic heterocycles. The first-order valence-electron chi connectivity index (χ1n) is 8.82. The van der Waals surface area contributed by atoms with Gasteiger partial charge in [0.15, 0.2) is 6.29 Å². The van der Waals surface area contributed by atoms with Crippen LogP contribution in [0.5, 0.6) is 0 Å². The van der Waals surface area contributed by atoms with Crippen molar-refractivity contribution in [3.8, 4) is 0 Å². The van der Waals surface area contributed by atoms with Gasteiger partial charge in [0.05, 0.1) is 5.69 Å². The van der Waals surface area contributed by atoms with Gasteiger partial charge in [-0.1, -0.05) is 48.5 Å². The van der Waals surface area contributed by atoms with Crippen molar-refractivity contribution in [3.63, 3.8) is 0 Å². The van der Waals surface area contributed by atoms with Crippen LogP contribution < -0.4 is 0 Å². The SMILES string of the molecule is C/C(=C\c1cc(Cc2ccccc2)ccc1C)c1ccc(C=O)c(C)n1. The van der Waals surface area contributed by atoms with Gasteiger partial charge in [0, 0.05) is 11.3 Å². The summed E-state index contributed by atoms with van der Waals surface area (Å²) in [5.41, 5.74) is 8.44. The molecule has 130 valence electrons. The normalized spacial score (nSPS) is 11.4. The van der Waals surface area contributed by atoms with Crippen LogP contribution in [-0.2, 0) is 6.42 Å². The predicted molar refractivity (Wildman–Crippen MR) is 108 cm³/mol. The molecular formula is C24H23NO. The molecule has 0 atom stereocenters. The zero-order valence-electron chi connectivity index (χ0n) is 15.5. The van der Waals surface area contributed by atoms with Crippen LogP contribution in [0.4, 0.5) is 0 Å². The second-order valence-electron chi connectivity index (χ2n) is 6.67. The minimum atomic E-state index is 0.641. The molecule has 0 aliphatic carbocycles. The number of pyridine rings is 1. The lowest BCUT2D eigenvalue weighted by Crippen LogP contribution is -1.95. The number of benzene rings is 2. The molecule has 3 rings (SSSR count). The smallest absolute Gasteiger partial charge is 0.151 e. The Morgan fingerprint density at radius 1 is 0.923 bits per heavy atom. The van der Waals surface area contributed by atoms with E-state index in [1.54, 1.807) is 0 Å². The van der Waals surface area contributed by atoms with E-state index in [4.69, 9.17) is 0 Å². The lowest BCUT2D eigenvalue weighted by molar-refractivity contribution is 0.112. The average Bonchev–Trinajstić information content (AvgIpc) is 2.65. The van der Waals surface area contributed by atoms with Gasteiger partial charge in [0.1, 0.15) is 0 Å². The zero-order chi connectivity index (χ0) is 18.5. The van der Waals surface area contributed by atoms with E-state index < -0.39 is 0 Å². The number of aryl methyl sites for hydroxylation is 2. The second-order valence-corrected chi connectivity index (χ2v) is 6.67. The number of carbonyl (C=O) groups is 1. The van der Waals surface area contributed by atoms with Crippen molar-refractivity contribution >= 4 is 17.9 Å². The molecule has 0 fully saturated rings. The summed E-state index contributed by atoms with van der Waals surface area (Å²) in [7, 11) is 0. The highest BCUT2D eigenvalue weighted by atomic mass is 16.1. The van der Waals surface area contributed by atoms with Crippen molar-refractivity contribution < 1.29 is 4.79 Å². The van der Waals surface area contributed by atoms with Gasteiger partial charge in [-0.05, 0) is 73.2 Å². The van der Waals surface area contributed by atoms with Crippen LogP contribution in [0.15, 0.2) is 60.7 Å². The molecule has 26 heavy (non-hydrogen) atoms. The zero-order valence-corrected chi connectivity index (χ0v) is 15.5. The third-order valence-corrected chi connectivity index (χ3v) is 4.62. The fraction of sp³-hybridized carbons (Fsp3) is 0.167. The van der Waals surface area contributed by atoms with Crippen LogP contribution in [0.1, 0.15) is 50.9 Å². The molecular weight excluding hydrogens is 318 g/mol. The van der Waals surface area contributed by atoms with Crippen LogP contribution >= 0.6 is 0 Å². The molecule has 0 bridgehead atoms. The van der Waals surface area contributed by atoms with Gasteiger partial charge in [-0.25, -0.2) is 0 Å². The molecule has 3 aromatic rings. The monoisotopic (exact) mass is 341 g/mol. The van der Waals surface area contributed by atoms with E-state index in [-0.39, 0.29) is 0 Å². The maximum Gasteiger partial charge on any atom is 0.151 e. The molecule has 1 heterocycles. The predicted octanol–water partition coefficient (Wildman–Crippen LogP) is 5.66. The molecule has 0 spiro atoms. The summed E-state index contributed by atoms with van der Waals surface area (Å²) in [4.78, 5) is 15.5. The van der Waals surface area contributed by atoms with E-state index >= 15 is 0 Å². The number of carbonyl (C=O) groups excluding carboxylic acids is 1. The van der Waals surface area contributed by atoms with Crippen LogP contribution in [0.3, 0.4) is 0 Å². The largest absolute Gasteiger partial charge is 0.298 e. The molecule has 0 N–H and O–H groups in total. The Balaban J connectivity index is 1.90. The van der Waals surface area contributed by atoms with E-state index in [1.807, 2.05) is 25.1 Å². The summed E-state index contributed by atoms with van der Waals surface area (Å²) in [6, 6.07) is 20.9. The Hall–Kier alpha value is -3.00. The van der Waals surface area contributed by atoms with Crippen LogP contribution in [0, 0.1) is 13.8 Å². The highest BCUT2D eigenvalue weighted by Gasteiger charge is 2.05. The number of nitrogens with zero attached hydrogens (tertiary/aromatic N) is 1. The van der Waals surface area contributed by atoms with Crippen molar-refractivity contribution in [2.45, 2.75) is 27.2 Å². The number of rotatable bonds is 5. The van der Waals surface area contributed by atoms with Crippen molar-refractivity contribution in [1.29, 1.82) is 0 Å². The molecule has 0 aliphatic heterocycles. The first kappa shape index (κ1) is 17.8. The Morgan fingerprint density at radius 3 is 2.38 bits per heavy atom. The summed E-state index contributed by atoms with van der Waals surface area (Å²) in [5, 5.41) is 0. The third-order valence-electron chi connectivity index (χ3n) is 4.62. The van der Waals surface area contributed by atoms with Gasteiger partial charge in [-0.2, -0.15) is 0 Å². The van der Waals surface area contributed by atoms with E-state index in [0.717, 1.165) is 29.7 Å². The Labute approximate surface area is 155 Å². The van der Waals surface area contributed by atoms with Crippen molar-refractivity contribution in [2.24, 2.45) is 0 Å². The summed E-state index contributed by atoms with van der Waals surface area (Å²) in [6.45, 7) is 6.05. The van der Waals surface area contributed by atoms with E-state index in [0.29, 0.717) is 5.56 Å². The van der Waals surface area contributed by atoms with Gasteiger partial charge >= 0.3 is 0 Å². The maximum absolute atomic E-state index is 11.0. The quantitative estimate of drug-likeness (QED) is 0.560. The summed E-state index contributed by atoms with van der Waals surface area (Å²) < 4.78 is 0. The molecule has 2 heteroatoms. The summed E-state index contributed by atoms with van der Waals surface area (Å²) >= 11 is 0. The second kappa shape index (κ2) is 7.92. The molecule has 0 saturated carbocycles. The minimum Gasteiger partial charge on any atom is -0.298 e. The minimum absolute atomic E-state index is 0.641. The lowest BCUT2D eigenvalue weighted by atomic mass is 9.98. The summed E-state index contributed by atoms with van der Waals surface area (Å²) in [5.74, 6) is 0. The van der Waals surface area contributed by atoms with Gasteiger partial charge < -0.3 is 0 Å². The van der Waals surface area contributed by atoms with E-state index in [9.17, 15) is 4.79 Å². The third kappa shape index (κ3) is 4.15. The molecule has 2 aromatic carbocycles. The van der Waals surface area contributed by atoms with Gasteiger partial charge in [0.25, 0.3) is 0 Å². The van der Waals surface area contributed by atoms with Crippen molar-refractivity contribution in [3.05, 3.63) is 99.9 Å². The number of aromatic nitrogens is 1. The lowest BCUT2D eigenvalue weighted by Gasteiger charge is -2.09. The fourth-order valence-electron chi connectivity index (χ4n) is 3.01. The molecule has 0 unspecified atom stereocenters. The van der Waals surface area contributed by atoms with Gasteiger partial charge in [0.2, 0.25) is 0 Å². The summed E-state index contributed by atoms with van der Waals surface area (Å²) in [6.07, 6.45) is 3.95. The van der Waals surface area contributed by atoms with E-state index in [1.165, 1.54) is 22.3 Å². The topological polar surface area (TPSA) is 30.0 Å². The first-order valence-corrected chi connectivity index (χ1v) is 8.82. The molecule has 2 nitrogen and oxygen atoms in total. The highest BCUT2D eigenvalue weighted by molar-refractivity contribution is 5.82. The fourth-order valence-corrected chi connectivity index (χ4v) is 3.01. The number of allylic oxidation sites excluding steroid dienone is 1. The average molecular weight is 341 g/mol. The van der Waals surface area contributed by atoms with Crippen LogP contribution in [0.25, 0.3) is 11.6 Å². The highest BCUT2D eigenvalue weighted by Crippen LogP contribution is 2.21. The van der Waals surface area contributed by atoms with Gasteiger partial charge in [-0.15, -0.1) is 0 Å². The number of aldehydes is 1. The first-order chi connectivity index (χ1) is 12.6. The van der Waals surface area contributed by atoms with Crippen molar-refractivity contribution in [1.82, 2.24) is 4.98 Å². The number of hydrogen-bond donors (Lipinski definition) is 0. The van der Waals surface area contributed by atoms with Gasteiger partial charge in [-0.3, -0.25) is 9.78 Å². The number of hydrogen-bond acceptors (Lipinski definition) is 2. The maximum atomic E-state index is 11.0. The Bertz CT molecular complexity index is 955. The standard InChI is InChI=1S/C24H23NO/c1-17-9-10-21(14-20-7-5-4-6-8-20)15-23(17)13-18(2)24-12-11-22(16-26)19(3)25-24/h4-13,15-16H,14H2,1-3H3/b18-13+. The molecule has 0 saturated heterocycles. The van der Waals surface area contributed by atoms with Crippen molar-refractivity contribution in [2.75, 3.05) is 0 Å². The Morgan fingerprint density at radius 2 is 1.69 bits per heavy atom. The molecule has 0 aliphatic rings. The Kier molecular flexibility index (Phi) is 5.43. The molecule has 0 amide bonds. The van der Waals surface area contributed by atoms with E-state index in [2.05, 4.69) is 67.4 Å². The van der Waals surface area contributed by atoms with Crippen LogP contribution in [-0.4, -0.2) is 11.3 Å².